The van der Waals surface area contributed by atoms with Gasteiger partial charge in [-0.15, -0.1) is 0 Å². The van der Waals surface area contributed by atoms with Gasteiger partial charge in [-0.1, -0.05) is 0 Å². The second-order valence-corrected chi connectivity index (χ2v) is 10.9. The van der Waals surface area contributed by atoms with Crippen molar-refractivity contribution in [3.05, 3.63) is 0 Å². The van der Waals surface area contributed by atoms with Gasteiger partial charge in [-0.2, -0.15) is 0 Å². The van der Waals surface area contributed by atoms with E-state index in [9.17, 15) is 0 Å². The van der Waals surface area contributed by atoms with Gasteiger partial charge in [0.15, 0.2) is 0 Å². The summed E-state index contributed by atoms with van der Waals surface area (Å²) in [5.74, 6) is 0. The monoisotopic (exact) mass is 366 g/mol. The van der Waals surface area contributed by atoms with Crippen molar-refractivity contribution >= 4 is 7.26 Å². The molecule has 0 aromatic rings. The molecule has 0 amide bonds. The Kier molecular flexibility index (Phi) is 17.2. The van der Waals surface area contributed by atoms with Gasteiger partial charge in [0.05, 0.1) is 0 Å². The predicted octanol–water partition coefficient (Wildman–Crippen LogP) is 5.93. The summed E-state index contributed by atoms with van der Waals surface area (Å²) in [6.07, 6.45) is 18.1. The van der Waals surface area contributed by atoms with E-state index in [-0.39, 0.29) is 20.4 Å². The van der Waals surface area contributed by atoms with E-state index in [0.717, 1.165) is 0 Å². The summed E-state index contributed by atoms with van der Waals surface area (Å²) in [7, 11) is -0.879. The molecule has 0 radical (unpaired) electrons. The van der Waals surface area contributed by atoms with Gasteiger partial charge in [0.2, 0.25) is 0 Å². The SMILES string of the molecule is CCCC[PH](CCCC)(CCCC)CCCC.[Pd]. The summed E-state index contributed by atoms with van der Waals surface area (Å²) in [6, 6.07) is 0. The average Bonchev–Trinajstić information content (AvgIpc) is 2.37. The molecule has 0 heterocycles. The summed E-state index contributed by atoms with van der Waals surface area (Å²) < 4.78 is 0. The number of hydrogen-bond donors (Lipinski definition) is 0. The third kappa shape index (κ3) is 9.95. The van der Waals surface area contributed by atoms with Gasteiger partial charge < -0.3 is 0 Å². The molecule has 0 aromatic heterocycles. The second-order valence-electron chi connectivity index (χ2n) is 5.91. The molecule has 0 saturated heterocycles. The van der Waals surface area contributed by atoms with Crippen LogP contribution in [-0.2, 0) is 20.4 Å². The van der Waals surface area contributed by atoms with Gasteiger partial charge in [0, 0.05) is 20.4 Å². The Hall–Kier alpha value is 1.09. The Labute approximate surface area is 131 Å². The first-order valence-electron chi connectivity index (χ1n) is 8.24. The van der Waals surface area contributed by atoms with Crippen LogP contribution in [0, 0.1) is 0 Å². The summed E-state index contributed by atoms with van der Waals surface area (Å²) in [5, 5.41) is 0. The molecule has 0 unspecified atom stereocenters. The van der Waals surface area contributed by atoms with Crippen molar-refractivity contribution in [3.63, 3.8) is 0 Å². The molecule has 2 heteroatoms. The van der Waals surface area contributed by atoms with Crippen molar-refractivity contribution in [1.82, 2.24) is 0 Å². The van der Waals surface area contributed by atoms with E-state index in [1.165, 1.54) is 51.4 Å². The zero-order valence-corrected chi connectivity index (χ0v) is 15.9. The molecule has 0 rings (SSSR count). The van der Waals surface area contributed by atoms with E-state index in [1.54, 1.807) is 24.6 Å². The van der Waals surface area contributed by atoms with Crippen LogP contribution in [0.5, 0.6) is 0 Å². The fraction of sp³-hybridized carbons (Fsp3) is 1.00. The predicted molar refractivity (Wildman–Crippen MR) is 87.4 cm³/mol. The molecule has 0 atom stereocenters. The normalized spacial score (nSPS) is 12.2. The van der Waals surface area contributed by atoms with Gasteiger partial charge in [-0.25, -0.2) is 0 Å². The molecule has 0 aliphatic heterocycles. The summed E-state index contributed by atoms with van der Waals surface area (Å²) >= 11 is 0. The van der Waals surface area contributed by atoms with Crippen LogP contribution in [0.25, 0.3) is 0 Å². The Balaban J connectivity index is 0. The largest absolute Gasteiger partial charge is 0 e. The summed E-state index contributed by atoms with van der Waals surface area (Å²) in [6.45, 7) is 9.44. The van der Waals surface area contributed by atoms with Crippen molar-refractivity contribution in [1.29, 1.82) is 0 Å². The van der Waals surface area contributed by atoms with Gasteiger partial charge in [0.1, 0.15) is 0 Å². The van der Waals surface area contributed by atoms with Gasteiger partial charge in [-0.3, -0.25) is 0 Å². The standard InChI is InChI=1S/C16H37P.Pd/c1-5-9-13-17(14-10-6-2,15-11-7-3)16-12-8-4;/h17H,5-16H2,1-4H3;. The Morgan fingerprint density at radius 1 is 0.500 bits per heavy atom. The minimum absolute atomic E-state index is 0. The Morgan fingerprint density at radius 3 is 0.889 bits per heavy atom. The molecule has 0 spiro atoms. The van der Waals surface area contributed by atoms with Crippen molar-refractivity contribution in [2.75, 3.05) is 24.6 Å². The maximum absolute atomic E-state index is 2.36. The van der Waals surface area contributed by atoms with Crippen LogP contribution in [-0.4, -0.2) is 24.6 Å². The van der Waals surface area contributed by atoms with E-state index in [0.29, 0.717) is 0 Å². The molecular weight excluding hydrogens is 330 g/mol. The molecule has 0 aromatic carbocycles. The smallest absolute Gasteiger partial charge is 0 e. The van der Waals surface area contributed by atoms with Crippen LogP contribution in [0.15, 0.2) is 0 Å². The van der Waals surface area contributed by atoms with Crippen LogP contribution < -0.4 is 0 Å². The van der Waals surface area contributed by atoms with Crippen LogP contribution in [0.1, 0.15) is 79.1 Å². The number of rotatable bonds is 12. The molecule has 0 saturated carbocycles. The van der Waals surface area contributed by atoms with Gasteiger partial charge in [-0.05, 0) is 0 Å². The fourth-order valence-electron chi connectivity index (χ4n) is 2.96. The van der Waals surface area contributed by atoms with Crippen LogP contribution in [0.4, 0.5) is 0 Å². The third-order valence-corrected chi connectivity index (χ3v) is 9.90. The van der Waals surface area contributed by atoms with E-state index in [4.69, 9.17) is 0 Å². The first-order valence-corrected chi connectivity index (χ1v) is 11.1. The Morgan fingerprint density at radius 2 is 0.722 bits per heavy atom. The fourth-order valence-corrected chi connectivity index (χ4v) is 8.87. The molecule has 0 fully saturated rings. The Bertz CT molecular complexity index is 122. The number of unbranched alkanes of at least 4 members (excludes halogenated alkanes) is 4. The van der Waals surface area contributed by atoms with Crippen LogP contribution in [0.3, 0.4) is 0 Å². The molecule has 0 nitrogen and oxygen atoms in total. The second kappa shape index (κ2) is 14.5. The molecular formula is C16H37PPd. The first-order chi connectivity index (χ1) is 8.24. The topological polar surface area (TPSA) is 0 Å². The quantitative estimate of drug-likeness (QED) is 0.296. The van der Waals surface area contributed by atoms with Gasteiger partial charge >= 0.3 is 111 Å². The molecule has 0 aliphatic carbocycles. The zero-order valence-electron chi connectivity index (χ0n) is 13.3. The third-order valence-electron chi connectivity index (χ3n) is 4.24. The zero-order chi connectivity index (χ0) is 13.0. The first kappa shape index (κ1) is 21.4. The van der Waals surface area contributed by atoms with Crippen LogP contribution >= 0.6 is 7.26 Å². The minimum Gasteiger partial charge on any atom is 0 e. The number of hydrogen-bond acceptors (Lipinski definition) is 0. The molecule has 18 heavy (non-hydrogen) atoms. The molecule has 0 bridgehead atoms. The van der Waals surface area contributed by atoms with Crippen molar-refractivity contribution in [2.45, 2.75) is 79.1 Å². The van der Waals surface area contributed by atoms with Crippen LogP contribution in [0.2, 0.25) is 0 Å². The summed E-state index contributed by atoms with van der Waals surface area (Å²) in [5.41, 5.74) is 0. The van der Waals surface area contributed by atoms with Crippen molar-refractivity contribution < 1.29 is 20.4 Å². The van der Waals surface area contributed by atoms with E-state index in [2.05, 4.69) is 27.7 Å². The van der Waals surface area contributed by atoms with E-state index in [1.807, 2.05) is 0 Å². The van der Waals surface area contributed by atoms with E-state index < -0.39 is 7.26 Å². The molecule has 0 aliphatic rings. The summed E-state index contributed by atoms with van der Waals surface area (Å²) in [4.78, 5) is 0. The maximum atomic E-state index is 2.36. The molecule has 116 valence electrons. The molecule has 0 N–H and O–H groups in total. The average molecular weight is 367 g/mol. The maximum Gasteiger partial charge on any atom is 0 e. The van der Waals surface area contributed by atoms with Crippen molar-refractivity contribution in [2.24, 2.45) is 0 Å². The van der Waals surface area contributed by atoms with E-state index >= 15 is 0 Å². The minimum atomic E-state index is -0.879. The van der Waals surface area contributed by atoms with Crippen molar-refractivity contribution in [3.8, 4) is 0 Å². The van der Waals surface area contributed by atoms with Gasteiger partial charge in [0.25, 0.3) is 0 Å².